The van der Waals surface area contributed by atoms with Gasteiger partial charge >= 0.3 is 0 Å². The zero-order valence-corrected chi connectivity index (χ0v) is 22.1. The zero-order chi connectivity index (χ0) is 23.4. The molecule has 4 saturated carbocycles. The van der Waals surface area contributed by atoms with Gasteiger partial charge in [0.1, 0.15) is 0 Å². The maximum absolute atomic E-state index is 10.9. The Hall–Kier alpha value is -0.340. The Kier molecular flexibility index (Phi) is 5.02. The highest BCUT2D eigenvalue weighted by atomic mass is 16.3. The summed E-state index contributed by atoms with van der Waals surface area (Å²) in [5.41, 5.74) is 3.23. The lowest BCUT2D eigenvalue weighted by Crippen LogP contribution is -2.67. The van der Waals surface area contributed by atoms with Gasteiger partial charge in [-0.15, -0.1) is 0 Å². The summed E-state index contributed by atoms with van der Waals surface area (Å²) in [6.07, 6.45) is 14.7. The van der Waals surface area contributed by atoms with Gasteiger partial charge in [0.25, 0.3) is 0 Å². The van der Waals surface area contributed by atoms with Gasteiger partial charge in [-0.25, -0.2) is 0 Å². The third-order valence-electron chi connectivity index (χ3n) is 13.3. The molecule has 9 atom stereocenters. The number of aliphatic hydroxyl groups excluding tert-OH is 2. The summed E-state index contributed by atoms with van der Waals surface area (Å²) >= 11 is 0. The van der Waals surface area contributed by atoms with Crippen molar-refractivity contribution in [2.45, 2.75) is 119 Å². The summed E-state index contributed by atoms with van der Waals surface area (Å²) in [5.74, 6) is 1.93. The third-order valence-corrected chi connectivity index (χ3v) is 13.3. The number of rotatable bonds is 1. The average Bonchev–Trinajstić information content (AvgIpc) is 2.72. The van der Waals surface area contributed by atoms with Crippen LogP contribution in [0.3, 0.4) is 0 Å². The molecule has 2 nitrogen and oxygen atoms in total. The van der Waals surface area contributed by atoms with E-state index in [-0.39, 0.29) is 23.5 Å². The first-order chi connectivity index (χ1) is 14.8. The number of hydrogen-bond acceptors (Lipinski definition) is 2. The van der Waals surface area contributed by atoms with Crippen molar-refractivity contribution in [1.29, 1.82) is 0 Å². The molecule has 0 amide bonds. The van der Waals surface area contributed by atoms with Crippen LogP contribution in [-0.4, -0.2) is 22.9 Å². The maximum atomic E-state index is 10.9. The molecular formula is C30H50O2. The van der Waals surface area contributed by atoms with E-state index in [4.69, 9.17) is 0 Å². The van der Waals surface area contributed by atoms with Crippen molar-refractivity contribution in [3.8, 4) is 0 Å². The fourth-order valence-electron chi connectivity index (χ4n) is 11.0. The van der Waals surface area contributed by atoms with Gasteiger partial charge in [-0.1, -0.05) is 60.1 Å². The largest absolute Gasteiger partial charge is 0.396 e. The smallest absolute Gasteiger partial charge is 0.0618 e. The van der Waals surface area contributed by atoms with Crippen LogP contribution < -0.4 is 0 Å². The van der Waals surface area contributed by atoms with Crippen LogP contribution in [0.5, 0.6) is 0 Å². The van der Waals surface area contributed by atoms with Gasteiger partial charge in [0.15, 0.2) is 0 Å². The Morgan fingerprint density at radius 3 is 2.16 bits per heavy atom. The third kappa shape index (κ3) is 2.72. The van der Waals surface area contributed by atoms with Gasteiger partial charge in [0.05, 0.1) is 12.7 Å². The van der Waals surface area contributed by atoms with E-state index in [9.17, 15) is 10.2 Å². The first-order valence-electron chi connectivity index (χ1n) is 13.8. The minimum absolute atomic E-state index is 0.123. The highest BCUT2D eigenvalue weighted by Gasteiger charge is 2.69. The van der Waals surface area contributed by atoms with E-state index in [0.717, 1.165) is 18.8 Å². The topological polar surface area (TPSA) is 40.5 Å². The van der Waals surface area contributed by atoms with Crippen molar-refractivity contribution in [2.75, 3.05) is 6.61 Å². The van der Waals surface area contributed by atoms with E-state index in [0.29, 0.717) is 33.5 Å². The highest BCUT2D eigenvalue weighted by molar-refractivity contribution is 5.29. The average molecular weight is 443 g/mol. The van der Waals surface area contributed by atoms with Crippen LogP contribution in [0.15, 0.2) is 11.6 Å². The van der Waals surface area contributed by atoms with E-state index in [1.165, 1.54) is 51.4 Å². The molecule has 5 aliphatic rings. The lowest BCUT2D eigenvalue weighted by Gasteiger charge is -2.73. The van der Waals surface area contributed by atoms with Crippen molar-refractivity contribution < 1.29 is 10.2 Å². The molecular weight excluding hydrogens is 392 g/mol. The molecule has 0 radical (unpaired) electrons. The quantitative estimate of drug-likeness (QED) is 0.424. The molecule has 0 bridgehead atoms. The second-order valence-corrected chi connectivity index (χ2v) is 15.0. The molecule has 182 valence electrons. The molecule has 0 aromatic heterocycles. The molecule has 0 aliphatic heterocycles. The Bertz CT molecular complexity index is 814. The van der Waals surface area contributed by atoms with Crippen molar-refractivity contribution in [3.05, 3.63) is 11.6 Å². The summed E-state index contributed by atoms with van der Waals surface area (Å²) < 4.78 is 0. The van der Waals surface area contributed by atoms with E-state index in [2.05, 4.69) is 54.5 Å². The minimum atomic E-state index is -0.355. The van der Waals surface area contributed by atoms with Crippen LogP contribution in [0.4, 0.5) is 0 Å². The van der Waals surface area contributed by atoms with Gasteiger partial charge in [-0.2, -0.15) is 0 Å². The first-order valence-corrected chi connectivity index (χ1v) is 13.8. The lowest BCUT2D eigenvalue weighted by molar-refractivity contribution is -0.244. The SMILES string of the molecule is CC1(C)CC[C@@]2(C)C(=CC[C@]3(C)[C@@H]2CC[C@@H]2[C@@]4(C)CC[C@H](O)[C@](C)(CO)[C@@H]4CC[C@]23C)C1. The second-order valence-electron chi connectivity index (χ2n) is 15.0. The van der Waals surface area contributed by atoms with Crippen molar-refractivity contribution >= 4 is 0 Å². The van der Waals surface area contributed by atoms with Gasteiger partial charge in [0, 0.05) is 5.41 Å². The van der Waals surface area contributed by atoms with Crippen molar-refractivity contribution in [3.63, 3.8) is 0 Å². The Balaban J connectivity index is 1.55. The van der Waals surface area contributed by atoms with E-state index in [1.807, 2.05) is 0 Å². The zero-order valence-electron chi connectivity index (χ0n) is 22.1. The fourth-order valence-corrected chi connectivity index (χ4v) is 11.0. The molecule has 4 fully saturated rings. The van der Waals surface area contributed by atoms with Crippen LogP contribution in [0, 0.1) is 50.2 Å². The summed E-state index contributed by atoms with van der Waals surface area (Å²) in [6.45, 7) is 17.8. The van der Waals surface area contributed by atoms with Crippen LogP contribution in [0.1, 0.15) is 113 Å². The highest BCUT2D eigenvalue weighted by Crippen LogP contribution is 2.76. The van der Waals surface area contributed by atoms with E-state index < -0.39 is 0 Å². The molecule has 2 heteroatoms. The van der Waals surface area contributed by atoms with Crippen LogP contribution >= 0.6 is 0 Å². The fraction of sp³-hybridized carbons (Fsp3) is 0.933. The van der Waals surface area contributed by atoms with Crippen LogP contribution in [0.2, 0.25) is 0 Å². The molecule has 2 N–H and O–H groups in total. The molecule has 0 saturated heterocycles. The predicted octanol–water partition coefficient (Wildman–Crippen LogP) is 7.14. The Morgan fingerprint density at radius 1 is 0.781 bits per heavy atom. The summed E-state index contributed by atoms with van der Waals surface area (Å²) in [7, 11) is 0. The number of allylic oxidation sites excluding steroid dienone is 2. The van der Waals surface area contributed by atoms with E-state index >= 15 is 0 Å². The van der Waals surface area contributed by atoms with Gasteiger partial charge in [-0.3, -0.25) is 0 Å². The van der Waals surface area contributed by atoms with Crippen molar-refractivity contribution in [2.24, 2.45) is 50.2 Å². The Morgan fingerprint density at radius 2 is 1.47 bits per heavy atom. The molecule has 0 heterocycles. The van der Waals surface area contributed by atoms with Gasteiger partial charge in [0.2, 0.25) is 0 Å². The van der Waals surface area contributed by atoms with Crippen LogP contribution in [0.25, 0.3) is 0 Å². The molecule has 0 aromatic carbocycles. The number of aliphatic hydroxyl groups is 2. The molecule has 32 heavy (non-hydrogen) atoms. The van der Waals surface area contributed by atoms with E-state index in [1.54, 1.807) is 5.57 Å². The summed E-state index contributed by atoms with van der Waals surface area (Å²) in [6, 6.07) is 0. The number of fused-ring (bicyclic) bond motifs is 7. The standard InChI is InChI=1S/C30H50O2/c1-25(2)16-17-26(3)20(18-25)10-14-29(6)22(26)8-9-23-27(4)13-12-24(32)28(5,19-31)21(27)11-15-30(23,29)7/h10,21-24,31-32H,8-9,11-19H2,1-7H3/t21-,22-,23-,24+,26+,27+,28-,29-,30-/m1/s1. The maximum Gasteiger partial charge on any atom is 0.0618 e. The summed E-state index contributed by atoms with van der Waals surface area (Å²) in [4.78, 5) is 0. The lowest BCUT2D eigenvalue weighted by atomic mass is 9.32. The molecule has 0 unspecified atom stereocenters. The minimum Gasteiger partial charge on any atom is -0.396 e. The molecule has 5 rings (SSSR count). The molecule has 0 spiro atoms. The van der Waals surface area contributed by atoms with Crippen LogP contribution in [-0.2, 0) is 0 Å². The number of hydrogen-bond donors (Lipinski definition) is 2. The van der Waals surface area contributed by atoms with Crippen molar-refractivity contribution in [1.82, 2.24) is 0 Å². The Labute approximate surface area is 197 Å². The predicted molar refractivity (Wildman–Crippen MR) is 132 cm³/mol. The summed E-state index contributed by atoms with van der Waals surface area (Å²) in [5, 5.41) is 21.3. The monoisotopic (exact) mass is 442 g/mol. The van der Waals surface area contributed by atoms with Gasteiger partial charge in [-0.05, 0) is 109 Å². The molecule has 0 aromatic rings. The second kappa shape index (κ2) is 6.87. The first kappa shape index (κ1) is 23.4. The normalized spacial score (nSPS) is 56.8. The van der Waals surface area contributed by atoms with Gasteiger partial charge < -0.3 is 10.2 Å². The molecule has 5 aliphatic carbocycles.